The van der Waals surface area contributed by atoms with E-state index < -0.39 is 20.6 Å². The lowest BCUT2D eigenvalue weighted by Crippen LogP contribution is -2.25. The molecular formula is C13H19ClN2O5S. The summed E-state index contributed by atoms with van der Waals surface area (Å²) in [5.41, 5.74) is -0.764. The third-order valence-corrected chi connectivity index (χ3v) is 4.37. The maximum absolute atomic E-state index is 12.1. The lowest BCUT2D eigenvalue weighted by Gasteiger charge is -2.23. The molecule has 1 fully saturated rings. The minimum Gasteiger partial charge on any atom is -0.455 e. The second-order valence-electron chi connectivity index (χ2n) is 6.10. The molecule has 1 saturated heterocycles. The van der Waals surface area contributed by atoms with Crippen molar-refractivity contribution in [3.8, 4) is 0 Å². The van der Waals surface area contributed by atoms with Crippen LogP contribution in [0.15, 0.2) is 11.1 Å². The molecule has 9 heteroatoms. The second-order valence-corrected chi connectivity index (χ2v) is 8.61. The van der Waals surface area contributed by atoms with E-state index in [0.29, 0.717) is 26.1 Å². The number of rotatable bonds is 3. The number of nitrogens with zero attached hydrogens (tertiary/aromatic N) is 2. The minimum absolute atomic E-state index is 0.0689. The van der Waals surface area contributed by atoms with Gasteiger partial charge in [-0.05, 0) is 33.6 Å². The number of hydrogen-bond acceptors (Lipinski definition) is 6. The molecule has 1 aromatic heterocycles. The Bertz CT molecular complexity index is 656. The van der Waals surface area contributed by atoms with E-state index in [9.17, 15) is 13.2 Å². The number of aromatic nitrogens is 2. The molecule has 1 aliphatic heterocycles. The first-order valence-electron chi connectivity index (χ1n) is 6.93. The molecule has 1 aromatic rings. The van der Waals surface area contributed by atoms with Crippen LogP contribution in [0.4, 0.5) is 0 Å². The molecule has 7 nitrogen and oxygen atoms in total. The smallest absolute Gasteiger partial charge is 0.359 e. The molecule has 0 aromatic carbocycles. The molecule has 0 spiro atoms. The Hall–Kier alpha value is -1.12. The molecule has 0 saturated carbocycles. The maximum Gasteiger partial charge on any atom is 0.359 e. The summed E-state index contributed by atoms with van der Waals surface area (Å²) < 4.78 is 35.2. The summed E-state index contributed by atoms with van der Waals surface area (Å²) in [7, 11) is 1.45. The quantitative estimate of drug-likeness (QED) is 0.613. The molecule has 0 aliphatic carbocycles. The highest BCUT2D eigenvalue weighted by atomic mass is 35.7. The van der Waals surface area contributed by atoms with Crippen molar-refractivity contribution in [1.82, 2.24) is 9.78 Å². The fourth-order valence-electron chi connectivity index (χ4n) is 2.18. The van der Waals surface area contributed by atoms with E-state index in [0.717, 1.165) is 6.07 Å². The van der Waals surface area contributed by atoms with Gasteiger partial charge in [0.05, 0.1) is 6.04 Å². The van der Waals surface area contributed by atoms with Crippen LogP contribution in [0.5, 0.6) is 0 Å². The Kier molecular flexibility index (Phi) is 4.84. The zero-order valence-electron chi connectivity index (χ0n) is 12.7. The third kappa shape index (κ3) is 4.21. The summed E-state index contributed by atoms with van der Waals surface area (Å²) >= 11 is 0. The summed E-state index contributed by atoms with van der Waals surface area (Å²) in [6.07, 6.45) is 1.21. The third-order valence-electron chi connectivity index (χ3n) is 3.10. The predicted molar refractivity (Wildman–Crippen MR) is 79.5 cm³/mol. The highest BCUT2D eigenvalue weighted by molar-refractivity contribution is 8.13. The maximum atomic E-state index is 12.1. The van der Waals surface area contributed by atoms with Crippen molar-refractivity contribution in [3.63, 3.8) is 0 Å². The van der Waals surface area contributed by atoms with E-state index in [2.05, 4.69) is 5.10 Å². The van der Waals surface area contributed by atoms with Gasteiger partial charge in [-0.3, -0.25) is 0 Å². The van der Waals surface area contributed by atoms with Gasteiger partial charge in [0.1, 0.15) is 5.60 Å². The lowest BCUT2D eigenvalue weighted by molar-refractivity contribution is 0.00607. The average molecular weight is 351 g/mol. The van der Waals surface area contributed by atoms with Crippen LogP contribution in [-0.2, 0) is 18.5 Å². The van der Waals surface area contributed by atoms with Crippen LogP contribution in [0.1, 0.15) is 50.1 Å². The van der Waals surface area contributed by atoms with Crippen LogP contribution in [0.3, 0.4) is 0 Å². The first kappa shape index (κ1) is 17.2. The molecule has 0 radical (unpaired) electrons. The Morgan fingerprint density at radius 1 is 1.41 bits per heavy atom. The monoisotopic (exact) mass is 350 g/mol. The molecule has 2 rings (SSSR count). The first-order chi connectivity index (χ1) is 10.1. The van der Waals surface area contributed by atoms with Gasteiger partial charge in [0, 0.05) is 30.0 Å². The molecule has 0 bridgehead atoms. The highest BCUT2D eigenvalue weighted by Crippen LogP contribution is 2.27. The second kappa shape index (κ2) is 6.17. The van der Waals surface area contributed by atoms with Crippen molar-refractivity contribution in [2.24, 2.45) is 0 Å². The average Bonchev–Trinajstić information content (AvgIpc) is 2.82. The number of ether oxygens (including phenoxy) is 2. The molecule has 22 heavy (non-hydrogen) atoms. The fourth-order valence-corrected chi connectivity index (χ4v) is 3.19. The van der Waals surface area contributed by atoms with Crippen molar-refractivity contribution in [2.75, 3.05) is 13.2 Å². The van der Waals surface area contributed by atoms with Gasteiger partial charge < -0.3 is 9.47 Å². The standard InChI is InChI=1S/C13H19ClN2O5S/c1-13(2,3)21-12(17)10-8-11(22(14,18)19)16(15-10)9-4-6-20-7-5-9/h8-9H,4-7H2,1-3H3. The summed E-state index contributed by atoms with van der Waals surface area (Å²) in [6.45, 7) is 6.18. The van der Waals surface area contributed by atoms with Crippen LogP contribution >= 0.6 is 10.7 Å². The fraction of sp³-hybridized carbons (Fsp3) is 0.692. The van der Waals surface area contributed by atoms with Crippen molar-refractivity contribution < 1.29 is 22.7 Å². The lowest BCUT2D eigenvalue weighted by atomic mass is 10.1. The van der Waals surface area contributed by atoms with Gasteiger partial charge in [0.15, 0.2) is 10.7 Å². The Labute approximate surface area is 134 Å². The van der Waals surface area contributed by atoms with Crippen molar-refractivity contribution in [2.45, 2.75) is 50.3 Å². The molecule has 0 atom stereocenters. The Balaban J connectivity index is 2.38. The van der Waals surface area contributed by atoms with Crippen LogP contribution < -0.4 is 0 Å². The van der Waals surface area contributed by atoms with Crippen molar-refractivity contribution in [1.29, 1.82) is 0 Å². The van der Waals surface area contributed by atoms with E-state index in [4.69, 9.17) is 20.2 Å². The summed E-state index contributed by atoms with van der Waals surface area (Å²) in [5.74, 6) is -0.681. The zero-order chi connectivity index (χ0) is 16.5. The molecule has 124 valence electrons. The summed E-state index contributed by atoms with van der Waals surface area (Å²) in [6, 6.07) is 0.986. The Morgan fingerprint density at radius 2 is 2.00 bits per heavy atom. The van der Waals surface area contributed by atoms with Gasteiger partial charge in [-0.25, -0.2) is 17.9 Å². The van der Waals surface area contributed by atoms with Gasteiger partial charge in [-0.1, -0.05) is 0 Å². The van der Waals surface area contributed by atoms with Crippen LogP contribution in [0, 0.1) is 0 Å². The molecule has 0 amide bonds. The normalized spacial score (nSPS) is 17.5. The summed E-state index contributed by atoms with van der Waals surface area (Å²) in [4.78, 5) is 12.1. The first-order valence-corrected chi connectivity index (χ1v) is 9.24. The van der Waals surface area contributed by atoms with Crippen LogP contribution in [0.2, 0.25) is 0 Å². The zero-order valence-corrected chi connectivity index (χ0v) is 14.3. The number of carbonyl (C=O) groups is 1. The number of esters is 1. The van der Waals surface area contributed by atoms with Gasteiger partial charge in [0.2, 0.25) is 0 Å². The van der Waals surface area contributed by atoms with Crippen molar-refractivity contribution >= 4 is 25.7 Å². The van der Waals surface area contributed by atoms with E-state index in [1.807, 2.05) is 0 Å². The van der Waals surface area contributed by atoms with E-state index in [-0.39, 0.29) is 16.8 Å². The number of halogens is 1. The van der Waals surface area contributed by atoms with Gasteiger partial charge in [-0.2, -0.15) is 5.10 Å². The van der Waals surface area contributed by atoms with Gasteiger partial charge in [-0.15, -0.1) is 0 Å². The van der Waals surface area contributed by atoms with E-state index in [1.165, 1.54) is 4.68 Å². The van der Waals surface area contributed by atoms with Crippen molar-refractivity contribution in [3.05, 3.63) is 11.8 Å². The predicted octanol–water partition coefficient (Wildman–Crippen LogP) is 2.12. The molecule has 1 aliphatic rings. The molecule has 2 heterocycles. The van der Waals surface area contributed by atoms with Gasteiger partial charge in [0.25, 0.3) is 9.05 Å². The van der Waals surface area contributed by atoms with Gasteiger partial charge >= 0.3 is 5.97 Å². The largest absolute Gasteiger partial charge is 0.455 e. The topological polar surface area (TPSA) is 87.5 Å². The van der Waals surface area contributed by atoms with E-state index in [1.54, 1.807) is 20.8 Å². The minimum atomic E-state index is -4.02. The summed E-state index contributed by atoms with van der Waals surface area (Å²) in [5, 5.41) is 3.91. The number of carbonyl (C=O) groups excluding carboxylic acids is 1. The molecular weight excluding hydrogens is 332 g/mol. The highest BCUT2D eigenvalue weighted by Gasteiger charge is 2.29. The molecule has 0 N–H and O–H groups in total. The number of hydrogen-bond donors (Lipinski definition) is 0. The Morgan fingerprint density at radius 3 is 2.50 bits per heavy atom. The SMILES string of the molecule is CC(C)(C)OC(=O)c1cc(S(=O)(=O)Cl)n(C2CCOCC2)n1. The van der Waals surface area contributed by atoms with Crippen LogP contribution in [0.25, 0.3) is 0 Å². The van der Waals surface area contributed by atoms with E-state index >= 15 is 0 Å². The van der Waals surface area contributed by atoms with Crippen LogP contribution in [-0.4, -0.2) is 43.0 Å². The molecule has 0 unspecified atom stereocenters.